The first-order chi connectivity index (χ1) is 13.5. The molecule has 6 rings (SSSR count). The molecule has 150 valence electrons. The molecular formula is C24H32N2O2. The Bertz CT molecular complexity index is 766. The molecule has 0 spiro atoms. The van der Waals surface area contributed by atoms with Crippen LogP contribution in [0.15, 0.2) is 24.3 Å². The molecule has 5 fully saturated rings. The van der Waals surface area contributed by atoms with Crippen LogP contribution in [0.2, 0.25) is 0 Å². The minimum absolute atomic E-state index is 0.155. The summed E-state index contributed by atoms with van der Waals surface area (Å²) in [5.74, 6) is 1.99. The second-order valence-corrected chi connectivity index (χ2v) is 10.2. The zero-order valence-corrected chi connectivity index (χ0v) is 16.9. The lowest BCUT2D eigenvalue weighted by Gasteiger charge is -2.61. The van der Waals surface area contributed by atoms with Crippen molar-refractivity contribution in [2.75, 3.05) is 13.1 Å². The molecule has 0 aromatic heterocycles. The number of carbonyl (C=O) groups is 2. The van der Waals surface area contributed by atoms with Gasteiger partial charge in [-0.3, -0.25) is 9.59 Å². The van der Waals surface area contributed by atoms with Gasteiger partial charge in [0.1, 0.15) is 0 Å². The quantitative estimate of drug-likeness (QED) is 0.743. The van der Waals surface area contributed by atoms with Gasteiger partial charge in [0.2, 0.25) is 11.8 Å². The largest absolute Gasteiger partial charge is 0.354 e. The summed E-state index contributed by atoms with van der Waals surface area (Å²) in [4.78, 5) is 25.1. The van der Waals surface area contributed by atoms with E-state index >= 15 is 0 Å². The minimum atomic E-state index is -0.199. The molecule has 28 heavy (non-hydrogen) atoms. The molecule has 5 saturated carbocycles. The lowest BCUT2D eigenvalue weighted by Crippen LogP contribution is -2.59. The molecule has 2 amide bonds. The van der Waals surface area contributed by atoms with Crippen molar-refractivity contribution in [1.82, 2.24) is 10.6 Å². The second kappa shape index (κ2) is 6.60. The zero-order chi connectivity index (χ0) is 19.4. The van der Waals surface area contributed by atoms with Crippen molar-refractivity contribution in [2.45, 2.75) is 63.7 Å². The Morgan fingerprint density at radius 3 is 2.25 bits per heavy atom. The Morgan fingerprint density at radius 1 is 0.964 bits per heavy atom. The fraction of sp³-hybridized carbons (Fsp3) is 0.667. The summed E-state index contributed by atoms with van der Waals surface area (Å²) in [5, 5.41) is 6.14. The fourth-order valence-corrected chi connectivity index (χ4v) is 6.81. The van der Waals surface area contributed by atoms with Crippen LogP contribution in [0.3, 0.4) is 0 Å². The molecule has 1 aromatic rings. The Hall–Kier alpha value is -1.84. The van der Waals surface area contributed by atoms with Crippen LogP contribution in [0.5, 0.6) is 0 Å². The van der Waals surface area contributed by atoms with Crippen LogP contribution in [0.1, 0.15) is 62.5 Å². The van der Waals surface area contributed by atoms with Gasteiger partial charge in [-0.1, -0.05) is 29.8 Å². The molecule has 0 heterocycles. The van der Waals surface area contributed by atoms with Gasteiger partial charge in [0, 0.05) is 19.0 Å². The Labute approximate surface area is 167 Å². The molecular weight excluding hydrogens is 348 g/mol. The van der Waals surface area contributed by atoms with Crippen molar-refractivity contribution < 1.29 is 9.59 Å². The van der Waals surface area contributed by atoms with E-state index in [-0.39, 0.29) is 28.6 Å². The summed E-state index contributed by atoms with van der Waals surface area (Å²) in [6.45, 7) is 3.24. The van der Waals surface area contributed by atoms with Crippen molar-refractivity contribution in [3.63, 3.8) is 0 Å². The van der Waals surface area contributed by atoms with Gasteiger partial charge in [-0.25, -0.2) is 0 Å². The van der Waals surface area contributed by atoms with Gasteiger partial charge >= 0.3 is 0 Å². The van der Waals surface area contributed by atoms with E-state index < -0.39 is 0 Å². The number of rotatable bonds is 6. The van der Waals surface area contributed by atoms with Gasteiger partial charge in [-0.2, -0.15) is 0 Å². The number of carbonyl (C=O) groups excluding carboxylic acids is 2. The Balaban J connectivity index is 1.28. The monoisotopic (exact) mass is 380 g/mol. The van der Waals surface area contributed by atoms with Crippen LogP contribution in [-0.2, 0) is 15.0 Å². The van der Waals surface area contributed by atoms with E-state index in [1.807, 2.05) is 0 Å². The van der Waals surface area contributed by atoms with Crippen molar-refractivity contribution >= 4 is 11.8 Å². The smallest absolute Gasteiger partial charge is 0.226 e. The van der Waals surface area contributed by atoms with E-state index in [0.29, 0.717) is 24.9 Å². The van der Waals surface area contributed by atoms with Crippen LogP contribution in [0, 0.1) is 30.1 Å². The lowest BCUT2D eigenvalue weighted by atomic mass is 9.42. The highest BCUT2D eigenvalue weighted by Crippen LogP contribution is 2.65. The van der Waals surface area contributed by atoms with Gasteiger partial charge in [0.05, 0.1) is 5.41 Å². The average Bonchev–Trinajstić information content (AvgIpc) is 3.49. The first-order valence-corrected chi connectivity index (χ1v) is 11.1. The molecule has 4 bridgehead atoms. The summed E-state index contributed by atoms with van der Waals surface area (Å²) in [6, 6.07) is 9.06. The van der Waals surface area contributed by atoms with Gasteiger partial charge in [0.25, 0.3) is 0 Å². The van der Waals surface area contributed by atoms with Crippen LogP contribution < -0.4 is 10.6 Å². The number of aryl methyl sites for hydroxylation is 1. The first-order valence-electron chi connectivity index (χ1n) is 11.1. The van der Waals surface area contributed by atoms with Gasteiger partial charge < -0.3 is 10.6 Å². The molecule has 4 heteroatoms. The Morgan fingerprint density at radius 2 is 1.61 bits per heavy atom. The molecule has 5 aliphatic rings. The number of amides is 2. The van der Waals surface area contributed by atoms with Crippen molar-refractivity contribution in [3.05, 3.63) is 35.4 Å². The van der Waals surface area contributed by atoms with Gasteiger partial charge in [0.15, 0.2) is 0 Å². The zero-order valence-electron chi connectivity index (χ0n) is 16.9. The third kappa shape index (κ3) is 3.15. The van der Waals surface area contributed by atoms with Crippen molar-refractivity contribution in [2.24, 2.45) is 23.2 Å². The highest BCUT2D eigenvalue weighted by Gasteiger charge is 2.60. The average molecular weight is 381 g/mol. The van der Waals surface area contributed by atoms with Crippen LogP contribution in [0.4, 0.5) is 0 Å². The molecule has 2 atom stereocenters. The molecule has 4 nitrogen and oxygen atoms in total. The standard InChI is InChI=1S/C24H32N2O2/c1-16-2-6-20(7-3-16)23-11-17-10-18(12-23)14-24(13-17,15-23)22(28)26-9-8-25-21(27)19-4-5-19/h2-3,6-7,17-19H,4-5,8-15H2,1H3,(H,25,27)(H,26,28). The maximum absolute atomic E-state index is 13.3. The molecule has 2 unspecified atom stereocenters. The third-order valence-corrected chi connectivity index (χ3v) is 7.86. The van der Waals surface area contributed by atoms with E-state index in [1.54, 1.807) is 0 Å². The molecule has 0 radical (unpaired) electrons. The molecule has 2 N–H and O–H groups in total. The predicted octanol–water partition coefficient (Wildman–Crippen LogP) is 3.48. The molecule has 5 aliphatic carbocycles. The van der Waals surface area contributed by atoms with E-state index in [0.717, 1.165) is 32.1 Å². The van der Waals surface area contributed by atoms with E-state index in [9.17, 15) is 9.59 Å². The van der Waals surface area contributed by atoms with Crippen LogP contribution >= 0.6 is 0 Å². The van der Waals surface area contributed by atoms with E-state index in [1.165, 1.54) is 30.4 Å². The third-order valence-electron chi connectivity index (χ3n) is 7.86. The van der Waals surface area contributed by atoms with Crippen LogP contribution in [-0.4, -0.2) is 24.9 Å². The summed E-state index contributed by atoms with van der Waals surface area (Å²) < 4.78 is 0. The number of hydrogen-bond donors (Lipinski definition) is 2. The topological polar surface area (TPSA) is 58.2 Å². The van der Waals surface area contributed by atoms with E-state index in [2.05, 4.69) is 41.8 Å². The first kappa shape index (κ1) is 18.2. The number of benzene rings is 1. The highest BCUT2D eigenvalue weighted by molar-refractivity contribution is 5.84. The predicted molar refractivity (Wildman–Crippen MR) is 109 cm³/mol. The number of nitrogens with one attached hydrogen (secondary N) is 2. The van der Waals surface area contributed by atoms with Crippen molar-refractivity contribution in [1.29, 1.82) is 0 Å². The van der Waals surface area contributed by atoms with Crippen LogP contribution in [0.25, 0.3) is 0 Å². The summed E-state index contributed by atoms with van der Waals surface area (Å²) in [5.41, 5.74) is 2.74. The summed E-state index contributed by atoms with van der Waals surface area (Å²) >= 11 is 0. The van der Waals surface area contributed by atoms with Gasteiger partial charge in [-0.05, 0) is 81.1 Å². The van der Waals surface area contributed by atoms with Crippen molar-refractivity contribution in [3.8, 4) is 0 Å². The molecule has 1 aromatic carbocycles. The SMILES string of the molecule is Cc1ccc(C23CC4CC(CC(C(=O)NCCNC(=O)C5CC5)(C4)C2)C3)cc1. The number of hydrogen-bond acceptors (Lipinski definition) is 2. The van der Waals surface area contributed by atoms with Gasteiger partial charge in [-0.15, -0.1) is 0 Å². The maximum Gasteiger partial charge on any atom is 0.226 e. The maximum atomic E-state index is 13.3. The van der Waals surface area contributed by atoms with E-state index in [4.69, 9.17) is 0 Å². The summed E-state index contributed by atoms with van der Waals surface area (Å²) in [7, 11) is 0. The summed E-state index contributed by atoms with van der Waals surface area (Å²) in [6.07, 6.45) is 8.94. The molecule has 0 saturated heterocycles. The normalized spacial score (nSPS) is 35.6. The fourth-order valence-electron chi connectivity index (χ4n) is 6.81. The lowest BCUT2D eigenvalue weighted by molar-refractivity contribution is -0.149. The molecule has 0 aliphatic heterocycles. The second-order valence-electron chi connectivity index (χ2n) is 10.2. The highest BCUT2D eigenvalue weighted by atomic mass is 16.2. The minimum Gasteiger partial charge on any atom is -0.354 e. The Kier molecular flexibility index (Phi) is 4.29.